The summed E-state index contributed by atoms with van der Waals surface area (Å²) in [5, 5.41) is 3.36. The number of thiocarbonyl (C=S) groups is 1. The topological polar surface area (TPSA) is 58.4 Å². The van der Waals surface area contributed by atoms with Crippen molar-refractivity contribution in [1.29, 1.82) is 0 Å². The van der Waals surface area contributed by atoms with E-state index in [1.807, 2.05) is 12.1 Å². The number of rotatable bonds is 3. The molecule has 1 fully saturated rings. The molecule has 0 unspecified atom stereocenters. The Morgan fingerprint density at radius 3 is 2.60 bits per heavy atom. The maximum atomic E-state index is 11.6. The fourth-order valence-electron chi connectivity index (χ4n) is 2.50. The zero-order valence-electron chi connectivity index (χ0n) is 11.4. The number of halogens is 1. The maximum Gasteiger partial charge on any atom is 0.222 e. The van der Waals surface area contributed by atoms with Gasteiger partial charge in [0.05, 0.1) is 10.7 Å². The Bertz CT molecular complexity index is 527. The molecule has 6 heteroatoms. The van der Waals surface area contributed by atoms with E-state index in [4.69, 9.17) is 29.6 Å². The zero-order chi connectivity index (χ0) is 14.7. The lowest BCUT2D eigenvalue weighted by Gasteiger charge is -2.33. The Morgan fingerprint density at radius 2 is 2.10 bits per heavy atom. The van der Waals surface area contributed by atoms with Gasteiger partial charge in [0.15, 0.2) is 0 Å². The lowest BCUT2D eigenvalue weighted by Crippen LogP contribution is -2.39. The highest BCUT2D eigenvalue weighted by Crippen LogP contribution is 2.30. The van der Waals surface area contributed by atoms with Crippen molar-refractivity contribution in [2.45, 2.75) is 12.8 Å². The van der Waals surface area contributed by atoms with Crippen LogP contribution in [0, 0.1) is 5.92 Å². The van der Waals surface area contributed by atoms with Crippen LogP contribution in [0.5, 0.6) is 0 Å². The molecule has 0 aliphatic carbocycles. The van der Waals surface area contributed by atoms with Gasteiger partial charge in [-0.2, -0.15) is 0 Å². The minimum Gasteiger partial charge on any atom is -0.389 e. The lowest BCUT2D eigenvalue weighted by atomic mass is 9.95. The van der Waals surface area contributed by atoms with Crippen LogP contribution in [0.15, 0.2) is 18.2 Å². The van der Waals surface area contributed by atoms with Gasteiger partial charge >= 0.3 is 0 Å². The van der Waals surface area contributed by atoms with Gasteiger partial charge in [-0.15, -0.1) is 0 Å². The van der Waals surface area contributed by atoms with Crippen LogP contribution in [0.3, 0.4) is 0 Å². The summed E-state index contributed by atoms with van der Waals surface area (Å²) in [6, 6.07) is 5.62. The second kappa shape index (κ2) is 6.41. The summed E-state index contributed by atoms with van der Waals surface area (Å²) < 4.78 is 0. The van der Waals surface area contributed by atoms with Crippen molar-refractivity contribution in [3.05, 3.63) is 28.8 Å². The predicted molar refractivity (Wildman–Crippen MR) is 86.3 cm³/mol. The largest absolute Gasteiger partial charge is 0.389 e. The summed E-state index contributed by atoms with van der Waals surface area (Å²) >= 11 is 11.2. The summed E-state index contributed by atoms with van der Waals surface area (Å²) in [5.74, 6) is 0.227. The number of benzene rings is 1. The molecule has 0 spiro atoms. The molecule has 0 radical (unpaired) electrons. The molecule has 1 aromatic carbocycles. The average Bonchev–Trinajstić information content (AvgIpc) is 2.46. The van der Waals surface area contributed by atoms with Crippen molar-refractivity contribution < 1.29 is 4.79 Å². The number of nitrogens with two attached hydrogens (primary N) is 1. The van der Waals surface area contributed by atoms with Gasteiger partial charge in [-0.25, -0.2) is 0 Å². The number of nitrogens with one attached hydrogen (secondary N) is 1. The average molecular weight is 312 g/mol. The molecule has 1 aromatic rings. The number of anilines is 1. The van der Waals surface area contributed by atoms with Crippen molar-refractivity contribution >= 4 is 40.4 Å². The quantitative estimate of drug-likeness (QED) is 0.838. The first-order chi connectivity index (χ1) is 9.52. The van der Waals surface area contributed by atoms with Gasteiger partial charge in [-0.05, 0) is 31.0 Å². The fraction of sp³-hybridized carbons (Fsp3) is 0.429. The minimum absolute atomic E-state index is 0.103. The van der Waals surface area contributed by atoms with Gasteiger partial charge < -0.3 is 16.0 Å². The molecule has 0 bridgehead atoms. The second-order valence-electron chi connectivity index (χ2n) is 4.91. The molecule has 3 N–H and O–H groups in total. The molecule has 0 saturated carbocycles. The summed E-state index contributed by atoms with van der Waals surface area (Å²) in [7, 11) is 1.68. The third kappa shape index (κ3) is 3.22. The van der Waals surface area contributed by atoms with E-state index < -0.39 is 0 Å². The molecule has 1 saturated heterocycles. The zero-order valence-corrected chi connectivity index (χ0v) is 12.9. The normalized spacial score (nSPS) is 16.0. The van der Waals surface area contributed by atoms with Crippen molar-refractivity contribution in [1.82, 2.24) is 5.32 Å². The van der Waals surface area contributed by atoms with E-state index in [2.05, 4.69) is 10.2 Å². The highest BCUT2D eigenvalue weighted by atomic mass is 35.5. The SMILES string of the molecule is CNC(=O)C1CCN(c2ccc(C(N)=S)cc2Cl)CC1. The van der Waals surface area contributed by atoms with Gasteiger partial charge in [-0.3, -0.25) is 4.79 Å². The van der Waals surface area contributed by atoms with E-state index in [1.54, 1.807) is 13.1 Å². The van der Waals surface area contributed by atoms with Crippen LogP contribution in [0.2, 0.25) is 5.02 Å². The van der Waals surface area contributed by atoms with Crippen LogP contribution < -0.4 is 16.0 Å². The summed E-state index contributed by atoms with van der Waals surface area (Å²) in [6.45, 7) is 1.65. The molecular weight excluding hydrogens is 294 g/mol. The molecule has 1 aliphatic rings. The highest BCUT2D eigenvalue weighted by Gasteiger charge is 2.25. The first kappa shape index (κ1) is 15.1. The first-order valence-corrected chi connectivity index (χ1v) is 7.37. The van der Waals surface area contributed by atoms with E-state index in [9.17, 15) is 4.79 Å². The lowest BCUT2D eigenvalue weighted by molar-refractivity contribution is -0.125. The van der Waals surface area contributed by atoms with Crippen molar-refractivity contribution in [2.24, 2.45) is 11.7 Å². The molecule has 0 atom stereocenters. The Labute approximate surface area is 129 Å². The molecule has 20 heavy (non-hydrogen) atoms. The van der Waals surface area contributed by atoms with E-state index in [-0.39, 0.29) is 11.8 Å². The second-order valence-corrected chi connectivity index (χ2v) is 5.75. The Hall–Kier alpha value is -1.33. The highest BCUT2D eigenvalue weighted by molar-refractivity contribution is 7.80. The van der Waals surface area contributed by atoms with Gasteiger partial charge in [0, 0.05) is 31.6 Å². The van der Waals surface area contributed by atoms with Crippen LogP contribution in [0.25, 0.3) is 0 Å². The fourth-order valence-corrected chi connectivity index (χ4v) is 2.93. The molecule has 1 heterocycles. The van der Waals surface area contributed by atoms with E-state index in [0.29, 0.717) is 10.0 Å². The van der Waals surface area contributed by atoms with Crippen LogP contribution in [0.4, 0.5) is 5.69 Å². The molecule has 0 aromatic heterocycles. The van der Waals surface area contributed by atoms with E-state index in [1.165, 1.54) is 0 Å². The Balaban J connectivity index is 2.07. The number of hydrogen-bond acceptors (Lipinski definition) is 3. The number of nitrogens with zero attached hydrogens (tertiary/aromatic N) is 1. The predicted octanol–water partition coefficient (Wildman–Crippen LogP) is 1.94. The van der Waals surface area contributed by atoms with Crippen LogP contribution >= 0.6 is 23.8 Å². The van der Waals surface area contributed by atoms with E-state index in [0.717, 1.165) is 37.2 Å². The van der Waals surface area contributed by atoms with Gasteiger partial charge in [0.2, 0.25) is 5.91 Å². The first-order valence-electron chi connectivity index (χ1n) is 6.59. The monoisotopic (exact) mass is 311 g/mol. The number of carbonyl (C=O) groups is 1. The Kier molecular flexibility index (Phi) is 4.83. The summed E-state index contributed by atoms with van der Waals surface area (Å²) in [5.41, 5.74) is 7.34. The standard InChI is InChI=1S/C14H18ClN3OS/c1-17-14(19)9-4-6-18(7-5-9)12-3-2-10(13(16)20)8-11(12)15/h2-3,8-9H,4-7H2,1H3,(H2,16,20)(H,17,19). The minimum atomic E-state index is 0.103. The van der Waals surface area contributed by atoms with Crippen molar-refractivity contribution in [3.63, 3.8) is 0 Å². The van der Waals surface area contributed by atoms with Crippen LogP contribution in [-0.2, 0) is 4.79 Å². The van der Waals surface area contributed by atoms with E-state index >= 15 is 0 Å². The number of hydrogen-bond donors (Lipinski definition) is 2. The van der Waals surface area contributed by atoms with Gasteiger partial charge in [-0.1, -0.05) is 23.8 Å². The van der Waals surface area contributed by atoms with Gasteiger partial charge in [0.1, 0.15) is 4.99 Å². The van der Waals surface area contributed by atoms with Gasteiger partial charge in [0.25, 0.3) is 0 Å². The smallest absolute Gasteiger partial charge is 0.222 e. The third-order valence-electron chi connectivity index (χ3n) is 3.69. The maximum absolute atomic E-state index is 11.6. The molecule has 1 amide bonds. The molecule has 1 aliphatic heterocycles. The van der Waals surface area contributed by atoms with Crippen molar-refractivity contribution in [3.8, 4) is 0 Å². The molecular formula is C14H18ClN3OS. The summed E-state index contributed by atoms with van der Waals surface area (Å²) in [4.78, 5) is 14.2. The Morgan fingerprint density at radius 1 is 1.45 bits per heavy atom. The number of piperidine rings is 1. The molecule has 2 rings (SSSR count). The summed E-state index contributed by atoms with van der Waals surface area (Å²) in [6.07, 6.45) is 1.68. The van der Waals surface area contributed by atoms with Crippen LogP contribution in [0.1, 0.15) is 18.4 Å². The van der Waals surface area contributed by atoms with Crippen molar-refractivity contribution in [2.75, 3.05) is 25.0 Å². The van der Waals surface area contributed by atoms with Crippen LogP contribution in [-0.4, -0.2) is 31.0 Å². The molecule has 4 nitrogen and oxygen atoms in total. The number of carbonyl (C=O) groups excluding carboxylic acids is 1. The third-order valence-corrected chi connectivity index (χ3v) is 4.22. The number of amides is 1. The molecule has 108 valence electrons.